The molecule has 0 unspecified atom stereocenters. The molecule has 1 aliphatic heterocycles. The van der Waals surface area contributed by atoms with E-state index in [0.717, 1.165) is 39.1 Å². The standard InChI is InChI=1S/C38H30ClNOSi/c1-42(2)35-22-10-9-21-33(35)37-36(42)24-23-34(38(37)39)40(29-16-11-15-28(25-29)27-13-5-3-6-14-27)30-17-12-20-32(26-30)41-31-18-7-4-8-19-31/h3-26H,1-2H3. The van der Waals surface area contributed by atoms with Crippen molar-refractivity contribution in [2.24, 2.45) is 0 Å². The number of anilines is 3. The van der Waals surface area contributed by atoms with E-state index in [-0.39, 0.29) is 0 Å². The van der Waals surface area contributed by atoms with Crippen LogP contribution >= 0.6 is 11.6 Å². The zero-order valence-electron chi connectivity index (χ0n) is 23.6. The molecule has 2 nitrogen and oxygen atoms in total. The Bertz CT molecular complexity index is 1900. The summed E-state index contributed by atoms with van der Waals surface area (Å²) in [4.78, 5) is 2.25. The molecule has 0 amide bonds. The third kappa shape index (κ3) is 4.61. The fourth-order valence-electron chi connectivity index (χ4n) is 6.11. The van der Waals surface area contributed by atoms with Crippen molar-refractivity contribution in [2.45, 2.75) is 13.1 Å². The topological polar surface area (TPSA) is 12.5 Å². The number of nitrogens with zero attached hydrogens (tertiary/aromatic N) is 1. The fraction of sp³-hybridized carbons (Fsp3) is 0.0526. The lowest BCUT2D eigenvalue weighted by atomic mass is 10.0. The van der Waals surface area contributed by atoms with Gasteiger partial charge >= 0.3 is 0 Å². The summed E-state index contributed by atoms with van der Waals surface area (Å²) in [5.41, 5.74) is 7.68. The van der Waals surface area contributed by atoms with Gasteiger partial charge in [0.05, 0.1) is 10.7 Å². The molecule has 6 aromatic carbocycles. The summed E-state index contributed by atoms with van der Waals surface area (Å²) < 4.78 is 6.26. The number of rotatable bonds is 6. The largest absolute Gasteiger partial charge is 0.457 e. The minimum Gasteiger partial charge on any atom is -0.457 e. The van der Waals surface area contributed by atoms with Crippen molar-refractivity contribution < 1.29 is 4.74 Å². The quantitative estimate of drug-likeness (QED) is 0.182. The van der Waals surface area contributed by atoms with Gasteiger partial charge < -0.3 is 9.64 Å². The van der Waals surface area contributed by atoms with Gasteiger partial charge in [-0.3, -0.25) is 0 Å². The van der Waals surface area contributed by atoms with E-state index in [4.69, 9.17) is 16.3 Å². The lowest BCUT2D eigenvalue weighted by Gasteiger charge is -2.29. The Kier molecular flexibility index (Phi) is 6.70. The molecule has 4 heteroatoms. The number of fused-ring (bicyclic) bond motifs is 3. The molecule has 0 aromatic heterocycles. The van der Waals surface area contributed by atoms with Crippen molar-refractivity contribution in [3.63, 3.8) is 0 Å². The maximum absolute atomic E-state index is 7.48. The van der Waals surface area contributed by atoms with Gasteiger partial charge in [-0.15, -0.1) is 0 Å². The molecule has 204 valence electrons. The number of benzene rings is 6. The SMILES string of the molecule is C[Si]1(C)c2ccccc2-c2c1ccc(N(c1cccc(Oc3ccccc3)c1)c1cccc(-c3ccccc3)c1)c2Cl. The van der Waals surface area contributed by atoms with Crippen LogP contribution in [-0.4, -0.2) is 8.07 Å². The van der Waals surface area contributed by atoms with E-state index in [0.29, 0.717) is 0 Å². The second kappa shape index (κ2) is 10.7. The molecular weight excluding hydrogens is 550 g/mol. The average molecular weight is 580 g/mol. The molecule has 1 heterocycles. The van der Waals surface area contributed by atoms with Gasteiger partial charge in [0, 0.05) is 23.0 Å². The number of hydrogen-bond donors (Lipinski definition) is 0. The van der Waals surface area contributed by atoms with E-state index in [9.17, 15) is 0 Å². The highest BCUT2D eigenvalue weighted by Gasteiger charge is 2.39. The maximum atomic E-state index is 7.48. The Morgan fingerprint density at radius 3 is 1.95 bits per heavy atom. The zero-order valence-corrected chi connectivity index (χ0v) is 25.3. The lowest BCUT2D eigenvalue weighted by molar-refractivity contribution is 0.483. The van der Waals surface area contributed by atoms with E-state index in [1.54, 1.807) is 0 Å². The first-order valence-corrected chi connectivity index (χ1v) is 17.6. The molecule has 0 fully saturated rings. The number of halogens is 1. The Morgan fingerprint density at radius 2 is 1.17 bits per heavy atom. The van der Waals surface area contributed by atoms with Crippen LogP contribution in [0.1, 0.15) is 0 Å². The summed E-state index contributed by atoms with van der Waals surface area (Å²) in [6, 6.07) is 50.5. The number of para-hydroxylation sites is 1. The van der Waals surface area contributed by atoms with Gasteiger partial charge in [0.15, 0.2) is 0 Å². The molecule has 0 atom stereocenters. The fourth-order valence-corrected chi connectivity index (χ4v) is 9.61. The van der Waals surface area contributed by atoms with Crippen molar-refractivity contribution in [1.29, 1.82) is 0 Å². The summed E-state index contributed by atoms with van der Waals surface area (Å²) in [6.07, 6.45) is 0. The molecule has 0 spiro atoms. The van der Waals surface area contributed by atoms with Gasteiger partial charge in [-0.2, -0.15) is 0 Å². The first kappa shape index (κ1) is 26.3. The van der Waals surface area contributed by atoms with E-state index in [1.807, 2.05) is 48.5 Å². The Hall–Kier alpha value is -4.57. The monoisotopic (exact) mass is 579 g/mol. The third-order valence-electron chi connectivity index (χ3n) is 8.17. The van der Waals surface area contributed by atoms with Crippen molar-refractivity contribution >= 4 is 47.1 Å². The molecule has 0 aliphatic carbocycles. The van der Waals surface area contributed by atoms with Crippen LogP contribution in [0.2, 0.25) is 18.1 Å². The van der Waals surface area contributed by atoms with Crippen LogP contribution in [0, 0.1) is 0 Å². The van der Waals surface area contributed by atoms with Gasteiger partial charge in [-0.1, -0.05) is 122 Å². The van der Waals surface area contributed by atoms with E-state index < -0.39 is 8.07 Å². The highest BCUT2D eigenvalue weighted by molar-refractivity contribution is 7.04. The summed E-state index contributed by atoms with van der Waals surface area (Å²) >= 11 is 7.48. The van der Waals surface area contributed by atoms with Crippen molar-refractivity contribution in [3.05, 3.63) is 151 Å². The Balaban J connectivity index is 1.41. The number of hydrogen-bond acceptors (Lipinski definition) is 2. The molecule has 0 radical (unpaired) electrons. The van der Waals surface area contributed by atoms with Crippen LogP contribution in [-0.2, 0) is 0 Å². The molecule has 1 aliphatic rings. The highest BCUT2D eigenvalue weighted by atomic mass is 35.5. The summed E-state index contributed by atoms with van der Waals surface area (Å²) in [5, 5.41) is 3.60. The predicted octanol–water partition coefficient (Wildman–Crippen LogP) is 10.1. The molecule has 0 saturated carbocycles. The Labute approximate surface area is 253 Å². The molecule has 6 aromatic rings. The van der Waals surface area contributed by atoms with E-state index in [2.05, 4.69) is 115 Å². The van der Waals surface area contributed by atoms with Crippen molar-refractivity contribution in [2.75, 3.05) is 4.90 Å². The molecule has 42 heavy (non-hydrogen) atoms. The van der Waals surface area contributed by atoms with E-state index in [1.165, 1.54) is 27.1 Å². The van der Waals surface area contributed by atoms with Crippen LogP contribution < -0.4 is 20.0 Å². The maximum Gasteiger partial charge on any atom is 0.129 e. The first-order valence-electron chi connectivity index (χ1n) is 14.2. The van der Waals surface area contributed by atoms with Gasteiger partial charge in [-0.05, 0) is 69.5 Å². The molecule has 7 rings (SSSR count). The second-order valence-corrected chi connectivity index (χ2v) is 15.9. The summed E-state index contributed by atoms with van der Waals surface area (Å²) in [5.74, 6) is 1.56. The lowest BCUT2D eigenvalue weighted by Crippen LogP contribution is -2.49. The minimum absolute atomic E-state index is 0.763. The van der Waals surface area contributed by atoms with Crippen LogP contribution in [0.5, 0.6) is 11.5 Å². The van der Waals surface area contributed by atoms with Gasteiger partial charge in [-0.25, -0.2) is 0 Å². The van der Waals surface area contributed by atoms with Gasteiger partial charge in [0.25, 0.3) is 0 Å². The third-order valence-corrected chi connectivity index (χ3v) is 12.1. The molecule has 0 N–H and O–H groups in total. The van der Waals surface area contributed by atoms with Crippen molar-refractivity contribution in [1.82, 2.24) is 0 Å². The zero-order chi connectivity index (χ0) is 28.7. The predicted molar refractivity (Wildman–Crippen MR) is 180 cm³/mol. The molecule has 0 saturated heterocycles. The summed E-state index contributed by atoms with van der Waals surface area (Å²) in [7, 11) is -1.86. The van der Waals surface area contributed by atoms with Crippen molar-refractivity contribution in [3.8, 4) is 33.8 Å². The minimum atomic E-state index is -1.86. The van der Waals surface area contributed by atoms with Crippen LogP contribution in [0.25, 0.3) is 22.3 Å². The second-order valence-electron chi connectivity index (χ2n) is 11.2. The van der Waals surface area contributed by atoms with Crippen LogP contribution in [0.3, 0.4) is 0 Å². The van der Waals surface area contributed by atoms with Crippen LogP contribution in [0.15, 0.2) is 146 Å². The average Bonchev–Trinajstić information content (AvgIpc) is 3.26. The number of ether oxygens (including phenoxy) is 1. The normalized spacial score (nSPS) is 12.8. The van der Waals surface area contributed by atoms with E-state index >= 15 is 0 Å². The van der Waals surface area contributed by atoms with Crippen LogP contribution in [0.4, 0.5) is 17.1 Å². The molecular formula is C38H30ClNOSi. The summed E-state index contributed by atoms with van der Waals surface area (Å²) in [6.45, 7) is 4.83. The first-order chi connectivity index (χ1) is 20.5. The smallest absolute Gasteiger partial charge is 0.129 e. The van der Waals surface area contributed by atoms with Gasteiger partial charge in [0.2, 0.25) is 0 Å². The van der Waals surface area contributed by atoms with Gasteiger partial charge in [0.1, 0.15) is 19.6 Å². The molecule has 0 bridgehead atoms. The Morgan fingerprint density at radius 1 is 0.548 bits per heavy atom. The highest BCUT2D eigenvalue weighted by Crippen LogP contribution is 2.45.